The minimum absolute atomic E-state index is 0.199. The van der Waals surface area contributed by atoms with Gasteiger partial charge in [-0.3, -0.25) is 19.2 Å². The van der Waals surface area contributed by atoms with Crippen molar-refractivity contribution in [2.45, 2.75) is 0 Å². The number of imide groups is 1. The zero-order chi connectivity index (χ0) is 39.3. The molecule has 6 nitrogen and oxygen atoms in total. The predicted molar refractivity (Wildman–Crippen MR) is 229 cm³/mol. The molecule has 1 aliphatic heterocycles. The molecule has 58 heavy (non-hydrogen) atoms. The molecule has 0 N–H and O–H groups in total. The van der Waals surface area contributed by atoms with E-state index in [9.17, 15) is 14.4 Å². The van der Waals surface area contributed by atoms with Crippen LogP contribution in [0.1, 0.15) is 52.6 Å². The first kappa shape index (κ1) is 34.5. The highest BCUT2D eigenvalue weighted by Crippen LogP contribution is 2.43. The Kier molecular flexibility index (Phi) is 8.31. The van der Waals surface area contributed by atoms with Gasteiger partial charge in [0.25, 0.3) is 11.8 Å². The topological polar surface area (TPSA) is 76.5 Å². The van der Waals surface area contributed by atoms with E-state index in [1.54, 1.807) is 48.5 Å². The second kappa shape index (κ2) is 14.0. The largest absolute Gasteiger partial charge is 0.308 e. The highest BCUT2D eigenvalue weighted by Gasteiger charge is 2.40. The Morgan fingerprint density at radius 2 is 0.879 bits per heavy atom. The zero-order valence-electron chi connectivity index (χ0n) is 31.0. The Hall–Kier alpha value is -7.96. The molecule has 2 heterocycles. The second-order valence-corrected chi connectivity index (χ2v) is 14.2. The van der Waals surface area contributed by atoms with Gasteiger partial charge < -0.3 is 4.57 Å². The average molecular weight is 749 g/mol. The summed E-state index contributed by atoms with van der Waals surface area (Å²) in [4.78, 5) is 59.6. The zero-order valence-corrected chi connectivity index (χ0v) is 31.0. The molecule has 1 aromatic heterocycles. The van der Waals surface area contributed by atoms with Crippen molar-refractivity contribution in [2.75, 3.05) is 4.90 Å². The number of benzene rings is 8. The highest BCUT2D eigenvalue weighted by atomic mass is 16.2. The molecule has 0 bridgehead atoms. The van der Waals surface area contributed by atoms with Crippen LogP contribution in [0.4, 0.5) is 5.69 Å². The van der Waals surface area contributed by atoms with E-state index in [2.05, 4.69) is 0 Å². The lowest BCUT2D eigenvalue weighted by Gasteiger charge is -2.20. The van der Waals surface area contributed by atoms with Crippen LogP contribution in [0, 0.1) is 0 Å². The van der Waals surface area contributed by atoms with Gasteiger partial charge in [-0.1, -0.05) is 158 Å². The summed E-state index contributed by atoms with van der Waals surface area (Å²) in [5.74, 6) is -1.30. The van der Waals surface area contributed by atoms with Gasteiger partial charge in [-0.2, -0.15) is 0 Å². The Morgan fingerprint density at radius 1 is 0.379 bits per heavy atom. The molecule has 0 fully saturated rings. The summed E-state index contributed by atoms with van der Waals surface area (Å²) in [6, 6.07) is 59.9. The van der Waals surface area contributed by atoms with Gasteiger partial charge in [0.05, 0.1) is 33.5 Å². The number of carbonyl (C=O) groups excluding carboxylic acids is 4. The molecule has 274 valence electrons. The van der Waals surface area contributed by atoms with Crippen molar-refractivity contribution in [2.24, 2.45) is 0 Å². The number of fused-ring (bicyclic) bond motifs is 4. The van der Waals surface area contributed by atoms with Crippen molar-refractivity contribution in [1.29, 1.82) is 0 Å². The number of aromatic nitrogens is 1. The smallest absolute Gasteiger partial charge is 0.268 e. The first-order chi connectivity index (χ1) is 28.5. The first-order valence-corrected chi connectivity index (χ1v) is 19.0. The van der Waals surface area contributed by atoms with Crippen LogP contribution in [-0.4, -0.2) is 27.9 Å². The maximum absolute atomic E-state index is 15.0. The Balaban J connectivity index is 1.20. The van der Waals surface area contributed by atoms with E-state index in [0.717, 1.165) is 22.3 Å². The van der Waals surface area contributed by atoms with Gasteiger partial charge in [0.1, 0.15) is 0 Å². The SMILES string of the molecule is O=C(c1ccccc1)c1cccc2c1c1c(C(=O)c3ccccc3)cccc1n2-c1cccc2c1C(=O)N(c1ccc(-c3ccccc3)cc1-c1ccccc1)C2=O. The van der Waals surface area contributed by atoms with Crippen LogP contribution >= 0.6 is 0 Å². The van der Waals surface area contributed by atoms with Crippen molar-refractivity contribution in [1.82, 2.24) is 4.57 Å². The number of carbonyl (C=O) groups is 4. The van der Waals surface area contributed by atoms with Gasteiger partial charge in [0, 0.05) is 38.6 Å². The van der Waals surface area contributed by atoms with E-state index >= 15 is 4.79 Å². The fraction of sp³-hybridized carbons (Fsp3) is 0. The molecule has 9 aromatic rings. The average Bonchev–Trinajstić information content (AvgIpc) is 3.77. The molecule has 10 rings (SSSR count). The molecule has 0 saturated heterocycles. The molecule has 1 aliphatic rings. The number of anilines is 1. The van der Waals surface area contributed by atoms with Crippen LogP contribution in [0.2, 0.25) is 0 Å². The molecule has 8 aromatic carbocycles. The van der Waals surface area contributed by atoms with Crippen molar-refractivity contribution in [3.05, 3.63) is 228 Å². The normalized spacial score (nSPS) is 12.3. The lowest BCUT2D eigenvalue weighted by molar-refractivity contribution is 0.0924. The molecule has 0 atom stereocenters. The summed E-state index contributed by atoms with van der Waals surface area (Å²) in [6.07, 6.45) is 0. The molecular weight excluding hydrogens is 717 g/mol. The summed E-state index contributed by atoms with van der Waals surface area (Å²) < 4.78 is 1.92. The summed E-state index contributed by atoms with van der Waals surface area (Å²) in [5.41, 5.74) is 8.09. The fourth-order valence-electron chi connectivity index (χ4n) is 8.30. The van der Waals surface area contributed by atoms with Crippen LogP contribution in [0.25, 0.3) is 49.7 Å². The van der Waals surface area contributed by atoms with E-state index in [0.29, 0.717) is 55.4 Å². The van der Waals surface area contributed by atoms with E-state index in [4.69, 9.17) is 0 Å². The summed E-state index contributed by atoms with van der Waals surface area (Å²) >= 11 is 0. The third kappa shape index (κ3) is 5.50. The molecule has 0 unspecified atom stereocenters. The van der Waals surface area contributed by atoms with E-state index < -0.39 is 11.8 Å². The van der Waals surface area contributed by atoms with Crippen molar-refractivity contribution >= 4 is 50.9 Å². The maximum Gasteiger partial charge on any atom is 0.268 e. The van der Waals surface area contributed by atoms with E-state index in [-0.39, 0.29) is 22.7 Å². The van der Waals surface area contributed by atoms with Gasteiger partial charge in [-0.05, 0) is 53.1 Å². The number of nitrogens with zero attached hydrogens (tertiary/aromatic N) is 2. The number of hydrogen-bond donors (Lipinski definition) is 0. The molecule has 0 saturated carbocycles. The van der Waals surface area contributed by atoms with E-state index in [1.165, 1.54) is 4.90 Å². The standard InChI is InChI=1S/C52H32N2O4/c55-49(35-20-9-3-10-21-35)38-24-13-27-43-46(38)47-39(50(56)36-22-11-4-12-23-36)25-14-28-44(47)53(43)45-29-15-26-40-48(45)52(58)54(51(40)57)42-31-30-37(33-16-5-1-6-17-33)32-41(42)34-18-7-2-8-19-34/h1-32H. The maximum atomic E-state index is 15.0. The van der Waals surface area contributed by atoms with Crippen LogP contribution in [0.15, 0.2) is 194 Å². The van der Waals surface area contributed by atoms with Gasteiger partial charge in [0.15, 0.2) is 11.6 Å². The summed E-state index contributed by atoms with van der Waals surface area (Å²) in [6.45, 7) is 0. The summed E-state index contributed by atoms with van der Waals surface area (Å²) in [5, 5.41) is 1.17. The highest BCUT2D eigenvalue weighted by molar-refractivity contribution is 6.37. The molecule has 0 radical (unpaired) electrons. The summed E-state index contributed by atoms with van der Waals surface area (Å²) in [7, 11) is 0. The van der Waals surface area contributed by atoms with Crippen molar-refractivity contribution in [3.63, 3.8) is 0 Å². The quantitative estimate of drug-likeness (QED) is 0.115. The molecule has 0 spiro atoms. The van der Waals surface area contributed by atoms with Crippen molar-refractivity contribution < 1.29 is 19.2 Å². The number of hydrogen-bond acceptors (Lipinski definition) is 4. The first-order valence-electron chi connectivity index (χ1n) is 19.0. The predicted octanol–water partition coefficient (Wildman–Crippen LogP) is 11.4. The van der Waals surface area contributed by atoms with Gasteiger partial charge >= 0.3 is 0 Å². The molecule has 0 aliphatic carbocycles. The Bertz CT molecular complexity index is 3010. The number of amides is 2. The monoisotopic (exact) mass is 748 g/mol. The molecule has 2 amide bonds. The number of rotatable bonds is 8. The van der Waals surface area contributed by atoms with Gasteiger partial charge in [-0.15, -0.1) is 0 Å². The van der Waals surface area contributed by atoms with Crippen LogP contribution in [0.3, 0.4) is 0 Å². The molecule has 6 heteroatoms. The second-order valence-electron chi connectivity index (χ2n) is 14.2. The third-order valence-electron chi connectivity index (χ3n) is 10.9. The van der Waals surface area contributed by atoms with E-state index in [1.807, 2.05) is 150 Å². The fourth-order valence-corrected chi connectivity index (χ4v) is 8.30. The van der Waals surface area contributed by atoms with Crippen LogP contribution < -0.4 is 4.90 Å². The van der Waals surface area contributed by atoms with Crippen LogP contribution in [0.5, 0.6) is 0 Å². The lowest BCUT2D eigenvalue weighted by Crippen LogP contribution is -2.30. The minimum atomic E-state index is -0.469. The van der Waals surface area contributed by atoms with Gasteiger partial charge in [0.2, 0.25) is 0 Å². The molecular formula is C52H32N2O4. The lowest BCUT2D eigenvalue weighted by atomic mass is 9.94. The van der Waals surface area contributed by atoms with Gasteiger partial charge in [-0.25, -0.2) is 4.90 Å². The number of ketones is 2. The minimum Gasteiger partial charge on any atom is -0.308 e. The third-order valence-corrected chi connectivity index (χ3v) is 10.9. The Labute approximate surface area is 333 Å². The Morgan fingerprint density at radius 3 is 1.43 bits per heavy atom. The van der Waals surface area contributed by atoms with Crippen LogP contribution in [-0.2, 0) is 0 Å². The van der Waals surface area contributed by atoms with Crippen molar-refractivity contribution in [3.8, 4) is 27.9 Å².